The molecule has 358 valence electrons. The predicted molar refractivity (Wildman–Crippen MR) is 247 cm³/mol. The molecule has 2 aromatic heterocycles. The summed E-state index contributed by atoms with van der Waals surface area (Å²) in [7, 11) is 1.20. The van der Waals surface area contributed by atoms with Crippen molar-refractivity contribution in [3.8, 4) is 33.6 Å². The molecule has 1 saturated heterocycles. The zero-order valence-electron chi connectivity index (χ0n) is 38.6. The first-order valence-corrected chi connectivity index (χ1v) is 23.9. The lowest BCUT2D eigenvalue weighted by Crippen LogP contribution is -2.54. The maximum absolute atomic E-state index is 14.4. The van der Waals surface area contributed by atoms with Gasteiger partial charge in [0.2, 0.25) is 23.7 Å². The summed E-state index contributed by atoms with van der Waals surface area (Å²) in [6.07, 6.45) is -0.259. The lowest BCUT2D eigenvalue weighted by atomic mass is 9.81. The van der Waals surface area contributed by atoms with Gasteiger partial charge in [-0.15, -0.1) is 0 Å². The Hall–Kier alpha value is -4.63. The van der Waals surface area contributed by atoms with Gasteiger partial charge in [-0.25, -0.2) is 32.3 Å². The number of hydrogen-bond donors (Lipinski definition) is 3. The van der Waals surface area contributed by atoms with E-state index in [0.29, 0.717) is 42.3 Å². The third kappa shape index (κ3) is 10.7. The van der Waals surface area contributed by atoms with Crippen LogP contribution in [0.15, 0.2) is 48.5 Å². The van der Waals surface area contributed by atoms with Crippen molar-refractivity contribution < 1.29 is 36.7 Å². The van der Waals surface area contributed by atoms with Crippen molar-refractivity contribution >= 4 is 41.1 Å². The number of benzene rings is 2. The number of methoxy groups -OCH3 is 1. The number of nitrogens with zero attached hydrogens (tertiary/aromatic N) is 4. The molecule has 3 N–H and O–H groups in total. The van der Waals surface area contributed by atoms with Gasteiger partial charge in [-0.2, -0.15) is 0 Å². The van der Waals surface area contributed by atoms with E-state index in [2.05, 4.69) is 25.3 Å². The van der Waals surface area contributed by atoms with Gasteiger partial charge in [0.1, 0.15) is 17.7 Å². The fourth-order valence-electron chi connectivity index (χ4n) is 9.98. The van der Waals surface area contributed by atoms with E-state index >= 15 is 0 Å². The van der Waals surface area contributed by atoms with Crippen molar-refractivity contribution in [2.45, 2.75) is 148 Å². The number of ether oxygens (including phenoxy) is 1. The van der Waals surface area contributed by atoms with Gasteiger partial charge < -0.3 is 29.8 Å². The van der Waals surface area contributed by atoms with Gasteiger partial charge in [0.05, 0.1) is 30.6 Å². The Kier molecular flexibility index (Phi) is 14.9. The summed E-state index contributed by atoms with van der Waals surface area (Å²) >= 11 is 13.5. The Morgan fingerprint density at radius 3 is 1.83 bits per heavy atom. The van der Waals surface area contributed by atoms with Gasteiger partial charge in [-0.1, -0.05) is 92.5 Å². The number of H-pyrrole nitrogens is 2. The van der Waals surface area contributed by atoms with Crippen molar-refractivity contribution in [3.05, 3.63) is 70.5 Å². The topological polar surface area (TPSA) is 136 Å². The zero-order valence-corrected chi connectivity index (χ0v) is 40.1. The van der Waals surface area contributed by atoms with Crippen LogP contribution in [0, 0.1) is 23.7 Å². The molecule has 3 heterocycles. The standard InChI is InChI=1S/C49H61Cl2F4N7O4/c1-26(2)28(4)61(38(63)25-31-16-20-48(52,53)21-17-31)30(6)44-56-39(42(50)59-44)34-12-8-32(9-13-34)33-10-14-35(15-11-33)40-43(51)60-45(57-40)37-24-27(3)29(5)62(37)46(64)41(58-47(65)66-7)36-18-22-49(54,55)23-19-36/h8-15,26-31,36-37,41H,16-25H2,1-7H3,(H,56,59)(H,57,60)(H,58,65)/t27?,28-,29-,30+,37+,41+/m1/s1. The van der Waals surface area contributed by atoms with Gasteiger partial charge in [-0.05, 0) is 87.7 Å². The van der Waals surface area contributed by atoms with Crippen LogP contribution < -0.4 is 5.32 Å². The molecule has 0 bridgehead atoms. The maximum atomic E-state index is 14.4. The number of carbonyl (C=O) groups is 3. The monoisotopic (exact) mass is 957 g/mol. The fraction of sp³-hybridized carbons (Fsp3) is 0.571. The minimum atomic E-state index is -2.80. The van der Waals surface area contributed by atoms with Crippen LogP contribution in [0.5, 0.6) is 0 Å². The van der Waals surface area contributed by atoms with Crippen molar-refractivity contribution in [2.75, 3.05) is 7.11 Å². The summed E-state index contributed by atoms with van der Waals surface area (Å²) in [4.78, 5) is 60.3. The normalized spacial score (nSPS) is 22.5. The first-order chi connectivity index (χ1) is 31.2. The summed E-state index contributed by atoms with van der Waals surface area (Å²) in [5, 5.41) is 3.16. The Morgan fingerprint density at radius 2 is 1.30 bits per heavy atom. The highest BCUT2D eigenvalue weighted by atomic mass is 35.5. The number of alkyl carbamates (subject to hydrolysis) is 1. The number of likely N-dealkylation sites (tertiary alicyclic amines) is 1. The molecular weight excluding hydrogens is 897 g/mol. The van der Waals surface area contributed by atoms with E-state index in [4.69, 9.17) is 27.9 Å². The highest BCUT2D eigenvalue weighted by Crippen LogP contribution is 2.44. The van der Waals surface area contributed by atoms with Crippen LogP contribution in [0.1, 0.15) is 129 Å². The van der Waals surface area contributed by atoms with Gasteiger partial charge in [0.15, 0.2) is 10.3 Å². The number of aromatic nitrogens is 4. The lowest BCUT2D eigenvalue weighted by Gasteiger charge is -2.37. The molecule has 2 aliphatic carbocycles. The van der Waals surface area contributed by atoms with E-state index in [1.54, 1.807) is 4.90 Å². The van der Waals surface area contributed by atoms with Gasteiger partial charge in [0, 0.05) is 55.3 Å². The minimum absolute atomic E-state index is 0.0701. The second-order valence-corrected chi connectivity index (χ2v) is 19.9. The molecule has 2 aromatic carbocycles. The molecule has 2 saturated carbocycles. The molecule has 3 amide bonds. The summed E-state index contributed by atoms with van der Waals surface area (Å²) < 4.78 is 60.8. The molecule has 7 rings (SSSR count). The molecule has 66 heavy (non-hydrogen) atoms. The minimum Gasteiger partial charge on any atom is -0.453 e. The van der Waals surface area contributed by atoms with E-state index in [1.807, 2.05) is 95.0 Å². The Bertz CT molecular complexity index is 2340. The molecule has 1 unspecified atom stereocenters. The van der Waals surface area contributed by atoms with Crippen LogP contribution in [0.4, 0.5) is 22.4 Å². The van der Waals surface area contributed by atoms with E-state index in [-0.39, 0.29) is 96.9 Å². The number of halogens is 6. The highest BCUT2D eigenvalue weighted by Gasteiger charge is 2.48. The van der Waals surface area contributed by atoms with Crippen LogP contribution in [0.25, 0.3) is 33.6 Å². The van der Waals surface area contributed by atoms with E-state index in [1.165, 1.54) is 7.11 Å². The zero-order chi connectivity index (χ0) is 47.8. The van der Waals surface area contributed by atoms with Crippen LogP contribution in [0.2, 0.25) is 10.3 Å². The largest absolute Gasteiger partial charge is 0.453 e. The number of alkyl halides is 4. The number of imidazole rings is 2. The van der Waals surface area contributed by atoms with Crippen LogP contribution in [-0.4, -0.2) is 84.7 Å². The molecule has 0 spiro atoms. The van der Waals surface area contributed by atoms with E-state index in [9.17, 15) is 31.9 Å². The van der Waals surface area contributed by atoms with E-state index < -0.39 is 42.0 Å². The summed E-state index contributed by atoms with van der Waals surface area (Å²) in [6.45, 7) is 12.0. The second-order valence-electron chi connectivity index (χ2n) is 19.2. The third-order valence-electron chi connectivity index (χ3n) is 14.6. The van der Waals surface area contributed by atoms with Gasteiger partial charge in [-0.3, -0.25) is 9.59 Å². The number of amides is 3. The number of nitrogens with one attached hydrogen (secondary N) is 3. The molecule has 0 radical (unpaired) electrons. The smallest absolute Gasteiger partial charge is 0.407 e. The molecule has 3 fully saturated rings. The van der Waals surface area contributed by atoms with Crippen molar-refractivity contribution in [1.29, 1.82) is 0 Å². The van der Waals surface area contributed by atoms with Crippen LogP contribution >= 0.6 is 23.2 Å². The molecule has 1 aliphatic heterocycles. The van der Waals surface area contributed by atoms with Gasteiger partial charge >= 0.3 is 6.09 Å². The first-order valence-electron chi connectivity index (χ1n) is 23.1. The maximum Gasteiger partial charge on any atom is 0.407 e. The first kappa shape index (κ1) is 49.3. The van der Waals surface area contributed by atoms with Crippen LogP contribution in [-0.2, 0) is 14.3 Å². The SMILES string of the molecule is COC(=O)N[C@H](C(=O)N1[C@H](C)C(C)C[C@H]1c1nc(Cl)c(-c2ccc(-c3ccc(-c4[nH]c([C@H](C)N(C(=O)CC5CCC(F)(F)CC5)[C@H](C)C(C)C)nc4Cl)cc3)cc2)[nH]1)C1CCC(F)(F)CC1. The Morgan fingerprint density at radius 1 is 0.803 bits per heavy atom. The van der Waals surface area contributed by atoms with Crippen molar-refractivity contribution in [2.24, 2.45) is 23.7 Å². The second kappa shape index (κ2) is 19.9. The lowest BCUT2D eigenvalue weighted by molar-refractivity contribution is -0.140. The summed E-state index contributed by atoms with van der Waals surface area (Å²) in [5.74, 6) is -5.22. The third-order valence-corrected chi connectivity index (χ3v) is 15.1. The summed E-state index contributed by atoms with van der Waals surface area (Å²) in [6, 6.07) is 13.3. The average Bonchev–Trinajstić information content (AvgIpc) is 3.96. The van der Waals surface area contributed by atoms with E-state index in [0.717, 1.165) is 22.3 Å². The number of carbonyl (C=O) groups excluding carboxylic acids is 3. The molecule has 17 heteroatoms. The number of aromatic amines is 2. The molecule has 11 nitrogen and oxygen atoms in total. The fourth-order valence-corrected chi connectivity index (χ4v) is 10.5. The summed E-state index contributed by atoms with van der Waals surface area (Å²) in [5.41, 5.74) is 4.64. The molecule has 4 aromatic rings. The van der Waals surface area contributed by atoms with Crippen molar-refractivity contribution in [3.63, 3.8) is 0 Å². The molecule has 6 atom stereocenters. The highest BCUT2D eigenvalue weighted by molar-refractivity contribution is 6.32. The Labute approximate surface area is 394 Å². The Balaban J connectivity index is 1.05. The number of hydrogen-bond acceptors (Lipinski definition) is 6. The van der Waals surface area contributed by atoms with Crippen molar-refractivity contribution in [1.82, 2.24) is 35.1 Å². The average molecular weight is 959 g/mol. The molecular formula is C49H61Cl2F4N7O4. The van der Waals surface area contributed by atoms with Gasteiger partial charge in [0.25, 0.3) is 0 Å². The predicted octanol–water partition coefficient (Wildman–Crippen LogP) is 12.4. The molecule has 3 aliphatic rings. The van der Waals surface area contributed by atoms with Crippen LogP contribution in [0.3, 0.4) is 0 Å². The quantitative estimate of drug-likeness (QED) is 0.114. The number of rotatable bonds is 13.